The van der Waals surface area contributed by atoms with Crippen LogP contribution in [-0.2, 0) is 5.75 Å². The third-order valence-corrected chi connectivity index (χ3v) is 4.03. The molecule has 0 bridgehead atoms. The molecule has 5 nitrogen and oxygen atoms in total. The predicted molar refractivity (Wildman–Crippen MR) is 78.0 cm³/mol. The molecule has 0 saturated heterocycles. The van der Waals surface area contributed by atoms with E-state index in [4.69, 9.17) is 5.11 Å². The van der Waals surface area contributed by atoms with Gasteiger partial charge in [0, 0.05) is 24.2 Å². The first-order valence-corrected chi connectivity index (χ1v) is 7.45. The van der Waals surface area contributed by atoms with Crippen molar-refractivity contribution in [2.45, 2.75) is 37.1 Å². The van der Waals surface area contributed by atoms with Crippen LogP contribution in [0.4, 0.5) is 0 Å². The molecular formula is C14H17N3O2S. The summed E-state index contributed by atoms with van der Waals surface area (Å²) < 4.78 is 1.97. The smallest absolute Gasteiger partial charge is 0.337 e. The maximum Gasteiger partial charge on any atom is 0.337 e. The predicted octanol–water partition coefficient (Wildman–Crippen LogP) is 3.24. The molecule has 1 unspecified atom stereocenters. The number of carbonyl (C=O) groups is 1. The average molecular weight is 291 g/mol. The summed E-state index contributed by atoms with van der Waals surface area (Å²) in [6.07, 6.45) is 4.42. The first kappa shape index (κ1) is 14.6. The molecule has 2 heterocycles. The lowest BCUT2D eigenvalue weighted by atomic mass is 10.3. The van der Waals surface area contributed by atoms with Crippen molar-refractivity contribution in [1.82, 2.24) is 14.8 Å². The highest BCUT2D eigenvalue weighted by Gasteiger charge is 2.07. The monoisotopic (exact) mass is 291 g/mol. The van der Waals surface area contributed by atoms with Crippen LogP contribution in [-0.4, -0.2) is 25.8 Å². The SMILES string of the molecule is CCC(C)n1ccc(CSc2ccc(C(=O)O)cn2)n1. The highest BCUT2D eigenvalue weighted by atomic mass is 32.2. The van der Waals surface area contributed by atoms with Gasteiger partial charge in [0.2, 0.25) is 0 Å². The Kier molecular flexibility index (Phi) is 4.79. The summed E-state index contributed by atoms with van der Waals surface area (Å²) in [5.41, 5.74) is 1.20. The van der Waals surface area contributed by atoms with Crippen LogP contribution < -0.4 is 0 Å². The van der Waals surface area contributed by atoms with Crippen LogP contribution in [0.25, 0.3) is 0 Å². The maximum atomic E-state index is 10.7. The van der Waals surface area contributed by atoms with Gasteiger partial charge in [-0.1, -0.05) is 18.7 Å². The molecule has 1 atom stereocenters. The summed E-state index contributed by atoms with van der Waals surface area (Å²) in [6, 6.07) is 5.70. The molecule has 2 rings (SSSR count). The van der Waals surface area contributed by atoms with Crippen LogP contribution in [0.3, 0.4) is 0 Å². The molecule has 0 aliphatic carbocycles. The molecule has 0 aliphatic heterocycles. The third kappa shape index (κ3) is 3.60. The molecule has 0 radical (unpaired) electrons. The molecule has 0 saturated carbocycles. The zero-order chi connectivity index (χ0) is 14.5. The van der Waals surface area contributed by atoms with Gasteiger partial charge in [0.25, 0.3) is 0 Å². The Hall–Kier alpha value is -1.82. The summed E-state index contributed by atoms with van der Waals surface area (Å²) in [6.45, 7) is 4.27. The lowest BCUT2D eigenvalue weighted by Gasteiger charge is -2.08. The van der Waals surface area contributed by atoms with Crippen molar-refractivity contribution < 1.29 is 9.90 Å². The lowest BCUT2D eigenvalue weighted by Crippen LogP contribution is -2.04. The van der Waals surface area contributed by atoms with Gasteiger partial charge < -0.3 is 5.11 Å². The van der Waals surface area contributed by atoms with Crippen LogP contribution in [0, 0.1) is 0 Å². The van der Waals surface area contributed by atoms with Gasteiger partial charge in [-0.25, -0.2) is 9.78 Å². The number of thioether (sulfide) groups is 1. The van der Waals surface area contributed by atoms with Gasteiger partial charge in [-0.3, -0.25) is 4.68 Å². The van der Waals surface area contributed by atoms with Crippen LogP contribution >= 0.6 is 11.8 Å². The molecule has 0 amide bonds. The van der Waals surface area contributed by atoms with Crippen LogP contribution in [0.5, 0.6) is 0 Å². The topological polar surface area (TPSA) is 68.0 Å². The standard InChI is InChI=1S/C14H17N3O2S/c1-3-10(2)17-7-6-12(16-17)9-20-13-5-4-11(8-15-13)14(18)19/h4-8,10H,3,9H2,1-2H3,(H,18,19). The number of nitrogens with zero attached hydrogens (tertiary/aromatic N) is 3. The quantitative estimate of drug-likeness (QED) is 0.827. The van der Waals surface area contributed by atoms with Gasteiger partial charge in [0.05, 0.1) is 16.3 Å². The fraction of sp³-hybridized carbons (Fsp3) is 0.357. The zero-order valence-corrected chi connectivity index (χ0v) is 12.3. The van der Waals surface area contributed by atoms with E-state index in [2.05, 4.69) is 23.9 Å². The van der Waals surface area contributed by atoms with Crippen molar-refractivity contribution >= 4 is 17.7 Å². The van der Waals surface area contributed by atoms with E-state index in [1.807, 2.05) is 16.9 Å². The van der Waals surface area contributed by atoms with Crippen LogP contribution in [0.15, 0.2) is 35.6 Å². The van der Waals surface area contributed by atoms with Crippen molar-refractivity contribution in [3.63, 3.8) is 0 Å². The molecule has 0 aromatic carbocycles. The van der Waals surface area contributed by atoms with Crippen molar-refractivity contribution in [2.24, 2.45) is 0 Å². The van der Waals surface area contributed by atoms with E-state index >= 15 is 0 Å². The molecule has 6 heteroatoms. The van der Waals surface area contributed by atoms with Gasteiger partial charge in [0.1, 0.15) is 0 Å². The molecule has 0 fully saturated rings. The molecule has 0 spiro atoms. The molecular weight excluding hydrogens is 274 g/mol. The number of aromatic carboxylic acids is 1. The Morgan fingerprint density at radius 3 is 2.85 bits per heavy atom. The second kappa shape index (κ2) is 6.56. The maximum absolute atomic E-state index is 10.7. The van der Waals surface area contributed by atoms with Gasteiger partial charge >= 0.3 is 5.97 Å². The summed E-state index contributed by atoms with van der Waals surface area (Å²) >= 11 is 1.55. The molecule has 1 N–H and O–H groups in total. The number of hydrogen-bond acceptors (Lipinski definition) is 4. The minimum absolute atomic E-state index is 0.204. The van der Waals surface area contributed by atoms with E-state index in [1.54, 1.807) is 23.9 Å². The molecule has 20 heavy (non-hydrogen) atoms. The van der Waals surface area contributed by atoms with Crippen LogP contribution in [0.1, 0.15) is 42.4 Å². The van der Waals surface area contributed by atoms with E-state index in [-0.39, 0.29) is 5.56 Å². The highest BCUT2D eigenvalue weighted by molar-refractivity contribution is 7.98. The number of hydrogen-bond donors (Lipinski definition) is 1. The average Bonchev–Trinajstić information content (AvgIpc) is 2.93. The van der Waals surface area contributed by atoms with Gasteiger partial charge in [-0.2, -0.15) is 5.10 Å². The summed E-state index contributed by atoms with van der Waals surface area (Å²) in [5.74, 6) is -0.232. The second-order valence-corrected chi connectivity index (χ2v) is 5.52. The zero-order valence-electron chi connectivity index (χ0n) is 11.5. The Labute approximate surface area is 122 Å². The highest BCUT2D eigenvalue weighted by Crippen LogP contribution is 2.20. The largest absolute Gasteiger partial charge is 0.478 e. The Morgan fingerprint density at radius 1 is 1.45 bits per heavy atom. The Morgan fingerprint density at radius 2 is 2.25 bits per heavy atom. The van der Waals surface area contributed by atoms with E-state index in [0.717, 1.165) is 22.9 Å². The molecule has 106 valence electrons. The number of pyridine rings is 1. The minimum atomic E-state index is -0.957. The molecule has 2 aromatic rings. The lowest BCUT2D eigenvalue weighted by molar-refractivity contribution is 0.0696. The Bertz CT molecular complexity index is 580. The summed E-state index contributed by atoms with van der Waals surface area (Å²) in [7, 11) is 0. The fourth-order valence-electron chi connectivity index (χ4n) is 1.63. The van der Waals surface area contributed by atoms with Gasteiger partial charge in [-0.05, 0) is 31.5 Å². The number of aromatic nitrogens is 3. The van der Waals surface area contributed by atoms with Crippen molar-refractivity contribution in [1.29, 1.82) is 0 Å². The van der Waals surface area contributed by atoms with Gasteiger partial charge in [0.15, 0.2) is 0 Å². The fourth-order valence-corrected chi connectivity index (χ4v) is 2.37. The third-order valence-electron chi connectivity index (χ3n) is 3.06. The normalized spacial score (nSPS) is 12.3. The number of carboxylic acid groups (broad SMARTS) is 1. The van der Waals surface area contributed by atoms with E-state index in [0.29, 0.717) is 6.04 Å². The molecule has 2 aromatic heterocycles. The first-order valence-electron chi connectivity index (χ1n) is 6.46. The van der Waals surface area contributed by atoms with Crippen molar-refractivity contribution in [2.75, 3.05) is 0 Å². The summed E-state index contributed by atoms with van der Waals surface area (Å²) in [5, 5.41) is 14.1. The Balaban J connectivity index is 1.94. The van der Waals surface area contributed by atoms with Crippen LogP contribution in [0.2, 0.25) is 0 Å². The molecule has 0 aliphatic rings. The number of carboxylic acids is 1. The second-order valence-electron chi connectivity index (χ2n) is 4.52. The minimum Gasteiger partial charge on any atom is -0.478 e. The summed E-state index contributed by atoms with van der Waals surface area (Å²) in [4.78, 5) is 14.8. The van der Waals surface area contributed by atoms with E-state index in [9.17, 15) is 4.79 Å². The van der Waals surface area contributed by atoms with E-state index < -0.39 is 5.97 Å². The van der Waals surface area contributed by atoms with E-state index in [1.165, 1.54) is 6.20 Å². The van der Waals surface area contributed by atoms with Crippen molar-refractivity contribution in [3.8, 4) is 0 Å². The van der Waals surface area contributed by atoms with Gasteiger partial charge in [-0.15, -0.1) is 0 Å². The number of rotatable bonds is 6. The van der Waals surface area contributed by atoms with Crippen molar-refractivity contribution in [3.05, 3.63) is 41.9 Å². The first-order chi connectivity index (χ1) is 9.60.